The highest BCUT2D eigenvalue weighted by atomic mass is 79.9. The third-order valence-electron chi connectivity index (χ3n) is 3.15. The summed E-state index contributed by atoms with van der Waals surface area (Å²) in [6.45, 7) is 8.57. The van der Waals surface area contributed by atoms with E-state index >= 15 is 0 Å². The SMILES string of the molecule is CC.CCCCCCCCC(CBr)CCCC. The van der Waals surface area contributed by atoms with E-state index in [9.17, 15) is 0 Å². The molecule has 0 nitrogen and oxygen atoms in total. The summed E-state index contributed by atoms with van der Waals surface area (Å²) >= 11 is 3.64. The van der Waals surface area contributed by atoms with E-state index in [0.717, 1.165) is 5.92 Å². The maximum absolute atomic E-state index is 3.64. The molecule has 0 saturated heterocycles. The van der Waals surface area contributed by atoms with E-state index < -0.39 is 0 Å². The molecule has 0 aromatic carbocycles. The summed E-state index contributed by atoms with van der Waals surface area (Å²) in [6, 6.07) is 0. The first-order chi connectivity index (χ1) is 8.35. The third-order valence-corrected chi connectivity index (χ3v) is 4.07. The van der Waals surface area contributed by atoms with Gasteiger partial charge in [0.1, 0.15) is 0 Å². The first-order valence-electron chi connectivity index (χ1n) is 7.91. The Hall–Kier alpha value is 0.480. The van der Waals surface area contributed by atoms with Crippen molar-refractivity contribution in [2.24, 2.45) is 5.92 Å². The van der Waals surface area contributed by atoms with Crippen molar-refractivity contribution in [2.75, 3.05) is 5.33 Å². The molecule has 0 spiro atoms. The second-order valence-electron chi connectivity index (χ2n) is 4.72. The van der Waals surface area contributed by atoms with Gasteiger partial charge >= 0.3 is 0 Å². The quantitative estimate of drug-likeness (QED) is 0.286. The van der Waals surface area contributed by atoms with Gasteiger partial charge in [0.25, 0.3) is 0 Å². The number of rotatable bonds is 11. The van der Waals surface area contributed by atoms with Crippen LogP contribution in [0, 0.1) is 5.92 Å². The lowest BCUT2D eigenvalue weighted by Gasteiger charge is -2.12. The summed E-state index contributed by atoms with van der Waals surface area (Å²) in [5, 5.41) is 1.21. The van der Waals surface area contributed by atoms with Crippen LogP contribution in [0.25, 0.3) is 0 Å². The van der Waals surface area contributed by atoms with E-state index in [2.05, 4.69) is 29.8 Å². The lowest BCUT2D eigenvalue weighted by atomic mass is 9.97. The Morgan fingerprint density at radius 2 is 1.18 bits per heavy atom. The topological polar surface area (TPSA) is 0 Å². The molecule has 0 amide bonds. The lowest BCUT2D eigenvalue weighted by Crippen LogP contribution is -2.01. The summed E-state index contributed by atoms with van der Waals surface area (Å²) in [5.41, 5.74) is 0. The van der Waals surface area contributed by atoms with Crippen molar-refractivity contribution in [1.82, 2.24) is 0 Å². The van der Waals surface area contributed by atoms with Gasteiger partial charge in [0, 0.05) is 5.33 Å². The largest absolute Gasteiger partial charge is 0.0925 e. The second-order valence-corrected chi connectivity index (χ2v) is 5.37. The minimum absolute atomic E-state index is 0.941. The molecule has 1 atom stereocenters. The summed E-state index contributed by atoms with van der Waals surface area (Å²) in [5.74, 6) is 0.941. The van der Waals surface area contributed by atoms with Crippen LogP contribution in [0.2, 0.25) is 0 Å². The van der Waals surface area contributed by atoms with Crippen molar-refractivity contribution in [3.05, 3.63) is 0 Å². The van der Waals surface area contributed by atoms with Gasteiger partial charge in [-0.3, -0.25) is 0 Å². The van der Waals surface area contributed by atoms with Crippen LogP contribution in [0.3, 0.4) is 0 Å². The minimum atomic E-state index is 0.941. The molecule has 17 heavy (non-hydrogen) atoms. The molecule has 1 heteroatoms. The highest BCUT2D eigenvalue weighted by molar-refractivity contribution is 9.09. The molecule has 0 aliphatic rings. The van der Waals surface area contributed by atoms with Crippen LogP contribution < -0.4 is 0 Å². The predicted octanol–water partition coefficient (Wildman–Crippen LogP) is 6.96. The molecular weight excluding hydrogens is 272 g/mol. The average Bonchev–Trinajstić information content (AvgIpc) is 2.39. The Morgan fingerprint density at radius 3 is 1.71 bits per heavy atom. The zero-order valence-electron chi connectivity index (χ0n) is 12.7. The van der Waals surface area contributed by atoms with E-state index in [1.807, 2.05) is 13.8 Å². The first kappa shape index (κ1) is 19.8. The molecule has 0 radical (unpaired) electrons. The van der Waals surface area contributed by atoms with Crippen molar-refractivity contribution in [1.29, 1.82) is 0 Å². The van der Waals surface area contributed by atoms with Crippen molar-refractivity contribution >= 4 is 15.9 Å². The zero-order valence-corrected chi connectivity index (χ0v) is 14.3. The van der Waals surface area contributed by atoms with Gasteiger partial charge in [-0.25, -0.2) is 0 Å². The van der Waals surface area contributed by atoms with Crippen LogP contribution in [0.4, 0.5) is 0 Å². The number of hydrogen-bond acceptors (Lipinski definition) is 0. The standard InChI is InChI=1S/C14H29Br.C2H6/c1-3-5-7-8-9-10-12-14(13-15)11-6-4-2;1-2/h14H,3-13H2,1-2H3;1-2H3. The van der Waals surface area contributed by atoms with E-state index in [-0.39, 0.29) is 0 Å². The Bertz CT molecular complexity index is 112. The molecule has 0 fully saturated rings. The van der Waals surface area contributed by atoms with Gasteiger partial charge in [-0.2, -0.15) is 0 Å². The zero-order chi connectivity index (χ0) is 13.4. The fraction of sp³-hybridized carbons (Fsp3) is 1.00. The van der Waals surface area contributed by atoms with Crippen molar-refractivity contribution in [3.8, 4) is 0 Å². The minimum Gasteiger partial charge on any atom is -0.0925 e. The molecule has 106 valence electrons. The highest BCUT2D eigenvalue weighted by Crippen LogP contribution is 2.19. The van der Waals surface area contributed by atoms with Crippen molar-refractivity contribution in [2.45, 2.75) is 91.9 Å². The molecule has 0 saturated carbocycles. The van der Waals surface area contributed by atoms with Gasteiger partial charge in [-0.1, -0.05) is 95.0 Å². The Morgan fingerprint density at radius 1 is 0.706 bits per heavy atom. The smallest absolute Gasteiger partial charge is 0.00596 e. The number of hydrogen-bond donors (Lipinski definition) is 0. The Balaban J connectivity index is 0. The molecule has 0 rings (SSSR count). The van der Waals surface area contributed by atoms with Gasteiger partial charge < -0.3 is 0 Å². The summed E-state index contributed by atoms with van der Waals surface area (Å²) < 4.78 is 0. The maximum Gasteiger partial charge on any atom is 0.00596 e. The maximum atomic E-state index is 3.64. The molecule has 0 aliphatic carbocycles. The molecule has 0 aromatic rings. The van der Waals surface area contributed by atoms with Crippen LogP contribution in [0.1, 0.15) is 91.9 Å². The summed E-state index contributed by atoms with van der Waals surface area (Å²) in [4.78, 5) is 0. The predicted molar refractivity (Wildman–Crippen MR) is 86.2 cm³/mol. The van der Waals surface area contributed by atoms with Crippen LogP contribution in [-0.4, -0.2) is 5.33 Å². The Labute approximate surface area is 119 Å². The highest BCUT2D eigenvalue weighted by Gasteiger charge is 2.05. The molecule has 0 N–H and O–H groups in total. The van der Waals surface area contributed by atoms with E-state index in [1.165, 1.54) is 69.5 Å². The van der Waals surface area contributed by atoms with Crippen LogP contribution in [0.5, 0.6) is 0 Å². The van der Waals surface area contributed by atoms with E-state index in [1.54, 1.807) is 0 Å². The first-order valence-corrected chi connectivity index (χ1v) is 9.03. The Kier molecular flexibility index (Phi) is 21.9. The monoisotopic (exact) mass is 306 g/mol. The van der Waals surface area contributed by atoms with Gasteiger partial charge in [0.2, 0.25) is 0 Å². The van der Waals surface area contributed by atoms with E-state index in [0.29, 0.717) is 0 Å². The number of alkyl halides is 1. The normalized spacial score (nSPS) is 11.8. The molecule has 0 bridgehead atoms. The van der Waals surface area contributed by atoms with Crippen molar-refractivity contribution in [3.63, 3.8) is 0 Å². The molecule has 1 unspecified atom stereocenters. The van der Waals surface area contributed by atoms with E-state index in [4.69, 9.17) is 0 Å². The lowest BCUT2D eigenvalue weighted by molar-refractivity contribution is 0.450. The van der Waals surface area contributed by atoms with Crippen LogP contribution in [-0.2, 0) is 0 Å². The molecule has 0 heterocycles. The molecular formula is C16H35Br. The molecule has 0 aromatic heterocycles. The van der Waals surface area contributed by atoms with Gasteiger partial charge in [-0.05, 0) is 18.8 Å². The average molecular weight is 307 g/mol. The summed E-state index contributed by atoms with van der Waals surface area (Å²) in [6.07, 6.45) is 14.2. The fourth-order valence-corrected chi connectivity index (χ4v) is 2.65. The van der Waals surface area contributed by atoms with Crippen LogP contribution in [0.15, 0.2) is 0 Å². The van der Waals surface area contributed by atoms with Gasteiger partial charge in [-0.15, -0.1) is 0 Å². The number of halogens is 1. The second kappa shape index (κ2) is 18.8. The van der Waals surface area contributed by atoms with Gasteiger partial charge in [0.05, 0.1) is 0 Å². The summed E-state index contributed by atoms with van der Waals surface area (Å²) in [7, 11) is 0. The fourth-order valence-electron chi connectivity index (χ4n) is 2.00. The van der Waals surface area contributed by atoms with Crippen molar-refractivity contribution < 1.29 is 0 Å². The van der Waals surface area contributed by atoms with Crippen LogP contribution >= 0.6 is 15.9 Å². The molecule has 0 aliphatic heterocycles. The third kappa shape index (κ3) is 16.5. The van der Waals surface area contributed by atoms with Gasteiger partial charge in [0.15, 0.2) is 0 Å². The number of unbranched alkanes of at least 4 members (excludes halogenated alkanes) is 6.